The number of hydrogen-bond donors (Lipinski definition) is 1. The minimum Gasteiger partial charge on any atom is -0.341 e. The summed E-state index contributed by atoms with van der Waals surface area (Å²) in [6.45, 7) is 4.36. The largest absolute Gasteiger partial charge is 0.341 e. The van der Waals surface area contributed by atoms with Crippen LogP contribution in [0.25, 0.3) is 0 Å². The molecule has 1 N–H and O–H groups in total. The molecule has 7 nitrogen and oxygen atoms in total. The summed E-state index contributed by atoms with van der Waals surface area (Å²) in [6, 6.07) is 15.3. The van der Waals surface area contributed by atoms with E-state index in [1.54, 1.807) is 12.3 Å². The first-order valence-electron chi connectivity index (χ1n) is 10.1. The topological polar surface area (TPSA) is 86.8 Å². The second-order valence-electron chi connectivity index (χ2n) is 8.19. The molecule has 1 spiro atoms. The number of carbonyl (C=O) groups excluding carboxylic acids is 1. The van der Waals surface area contributed by atoms with E-state index in [0.29, 0.717) is 5.69 Å². The molecule has 4 heterocycles. The van der Waals surface area contributed by atoms with E-state index in [0.717, 1.165) is 48.7 Å². The van der Waals surface area contributed by atoms with E-state index in [1.165, 1.54) is 0 Å². The van der Waals surface area contributed by atoms with Crippen LogP contribution in [-0.4, -0.2) is 38.4 Å². The first kappa shape index (κ1) is 18.5. The maximum absolute atomic E-state index is 12.7. The van der Waals surface area contributed by atoms with Gasteiger partial charge in [-0.1, -0.05) is 24.3 Å². The van der Waals surface area contributed by atoms with Crippen LogP contribution >= 0.6 is 0 Å². The van der Waals surface area contributed by atoms with Crippen LogP contribution < -0.4 is 5.32 Å². The number of amides is 1. The smallest absolute Gasteiger partial charge is 0.270 e. The molecule has 1 atom stereocenters. The summed E-state index contributed by atoms with van der Waals surface area (Å²) in [5, 5.41) is 12.5. The molecule has 1 aromatic carbocycles. The fourth-order valence-corrected chi connectivity index (χ4v) is 4.75. The third-order valence-corrected chi connectivity index (χ3v) is 6.07. The number of fused-ring (bicyclic) bond motifs is 2. The van der Waals surface area contributed by atoms with Crippen molar-refractivity contribution in [3.8, 4) is 6.07 Å². The van der Waals surface area contributed by atoms with Gasteiger partial charge in [0.15, 0.2) is 0 Å². The summed E-state index contributed by atoms with van der Waals surface area (Å²) in [6.07, 6.45) is 4.62. The molecule has 0 aliphatic carbocycles. The number of aromatic nitrogens is 3. The van der Waals surface area contributed by atoms with Crippen LogP contribution in [0.2, 0.25) is 0 Å². The molecule has 30 heavy (non-hydrogen) atoms. The van der Waals surface area contributed by atoms with E-state index in [2.05, 4.69) is 30.8 Å². The maximum atomic E-state index is 12.7. The molecule has 0 radical (unpaired) electrons. The van der Waals surface area contributed by atoms with Gasteiger partial charge in [-0.2, -0.15) is 5.26 Å². The van der Waals surface area contributed by atoms with Crippen molar-refractivity contribution >= 4 is 5.91 Å². The second kappa shape index (κ2) is 7.08. The van der Waals surface area contributed by atoms with Gasteiger partial charge >= 0.3 is 0 Å². The predicted molar refractivity (Wildman–Crippen MR) is 110 cm³/mol. The molecule has 150 valence electrons. The lowest BCUT2D eigenvalue weighted by Crippen LogP contribution is -2.60. The fourth-order valence-electron chi connectivity index (χ4n) is 4.75. The maximum Gasteiger partial charge on any atom is 0.270 e. The van der Waals surface area contributed by atoms with Crippen molar-refractivity contribution in [3.63, 3.8) is 0 Å². The Bertz CT molecular complexity index is 1150. The molecule has 1 amide bonds. The highest BCUT2D eigenvalue weighted by Gasteiger charge is 2.52. The van der Waals surface area contributed by atoms with Crippen LogP contribution in [0.5, 0.6) is 0 Å². The number of nitrogens with zero attached hydrogens (tertiary/aromatic N) is 5. The van der Waals surface area contributed by atoms with Crippen LogP contribution in [0.1, 0.15) is 45.6 Å². The number of imidazole rings is 1. The standard InChI is InChI=1S/C23H22N6O/c1-16-5-4-8-19(26-16)22(30)27-20-11-23(29-10-9-25-21(20)29)14-28(15-23)13-18-7-3-2-6-17(18)12-24/h2-10,20H,11,13-15H2,1H3,(H,27,30). The Labute approximate surface area is 175 Å². The van der Waals surface area contributed by atoms with Gasteiger partial charge in [-0.05, 0) is 30.7 Å². The molecule has 3 aromatic rings. The Hall–Kier alpha value is -3.50. The van der Waals surface area contributed by atoms with Gasteiger partial charge < -0.3 is 9.88 Å². The Morgan fingerprint density at radius 2 is 2.10 bits per heavy atom. The lowest BCUT2D eigenvalue weighted by molar-refractivity contribution is 0.00746. The minimum absolute atomic E-state index is 0.0641. The van der Waals surface area contributed by atoms with Gasteiger partial charge in [0, 0.05) is 44.1 Å². The lowest BCUT2D eigenvalue weighted by atomic mass is 9.85. The van der Waals surface area contributed by atoms with Crippen molar-refractivity contribution < 1.29 is 4.79 Å². The van der Waals surface area contributed by atoms with Crippen molar-refractivity contribution in [1.29, 1.82) is 5.26 Å². The van der Waals surface area contributed by atoms with E-state index in [-0.39, 0.29) is 17.5 Å². The highest BCUT2D eigenvalue weighted by Crippen LogP contribution is 2.45. The van der Waals surface area contributed by atoms with Gasteiger partial charge in [0.05, 0.1) is 23.2 Å². The molecule has 5 rings (SSSR count). The fraction of sp³-hybridized carbons (Fsp3) is 0.304. The number of hydrogen-bond acceptors (Lipinski definition) is 5. The van der Waals surface area contributed by atoms with Crippen molar-refractivity contribution in [2.45, 2.75) is 31.5 Å². The Morgan fingerprint density at radius 3 is 2.90 bits per heavy atom. The van der Waals surface area contributed by atoms with Crippen LogP contribution in [0.4, 0.5) is 0 Å². The van der Waals surface area contributed by atoms with Gasteiger partial charge in [-0.25, -0.2) is 9.97 Å². The van der Waals surface area contributed by atoms with Crippen LogP contribution in [0, 0.1) is 18.3 Å². The average Bonchev–Trinajstić information content (AvgIpc) is 3.31. The summed E-state index contributed by atoms with van der Waals surface area (Å²) in [5.74, 6) is 0.725. The Kier molecular flexibility index (Phi) is 4.37. The molecule has 1 saturated heterocycles. The van der Waals surface area contributed by atoms with Gasteiger partial charge in [-0.3, -0.25) is 9.69 Å². The van der Waals surface area contributed by atoms with E-state index < -0.39 is 0 Å². The molecule has 1 unspecified atom stereocenters. The molecular formula is C23H22N6O. The van der Waals surface area contributed by atoms with Crippen molar-refractivity contribution in [3.05, 3.63) is 83.2 Å². The number of pyridine rings is 1. The highest BCUT2D eigenvalue weighted by molar-refractivity contribution is 5.92. The summed E-state index contributed by atoms with van der Waals surface area (Å²) >= 11 is 0. The van der Waals surface area contributed by atoms with Crippen molar-refractivity contribution in [1.82, 2.24) is 24.8 Å². The van der Waals surface area contributed by atoms with Crippen LogP contribution in [0.15, 0.2) is 54.9 Å². The molecule has 1 fully saturated rings. The SMILES string of the molecule is Cc1cccc(C(=O)NC2CC3(CN(Cc4ccccc4C#N)C3)n3ccnc32)n1. The van der Waals surface area contributed by atoms with Gasteiger partial charge in [0.25, 0.3) is 5.91 Å². The van der Waals surface area contributed by atoms with E-state index in [1.807, 2.05) is 49.5 Å². The van der Waals surface area contributed by atoms with Gasteiger partial charge in [0.1, 0.15) is 11.5 Å². The number of nitriles is 1. The molecule has 0 saturated carbocycles. The number of rotatable bonds is 4. The lowest BCUT2D eigenvalue weighted by Gasteiger charge is -2.49. The quantitative estimate of drug-likeness (QED) is 0.730. The van der Waals surface area contributed by atoms with E-state index in [9.17, 15) is 10.1 Å². The predicted octanol–water partition coefficient (Wildman–Crippen LogP) is 2.54. The molecule has 2 aliphatic rings. The van der Waals surface area contributed by atoms with Crippen molar-refractivity contribution in [2.75, 3.05) is 13.1 Å². The minimum atomic E-state index is -0.172. The first-order chi connectivity index (χ1) is 14.6. The summed E-state index contributed by atoms with van der Waals surface area (Å²) in [5.41, 5.74) is 2.96. The number of benzene rings is 1. The number of likely N-dealkylation sites (tertiary alicyclic amines) is 1. The Balaban J connectivity index is 1.30. The monoisotopic (exact) mass is 398 g/mol. The third-order valence-electron chi connectivity index (χ3n) is 6.07. The normalized spacial score (nSPS) is 19.1. The number of nitrogens with one attached hydrogen (secondary N) is 1. The zero-order valence-electron chi connectivity index (χ0n) is 16.7. The molecule has 7 heteroatoms. The zero-order valence-corrected chi connectivity index (χ0v) is 16.7. The van der Waals surface area contributed by atoms with E-state index in [4.69, 9.17) is 0 Å². The van der Waals surface area contributed by atoms with Gasteiger partial charge in [0.2, 0.25) is 0 Å². The molecule has 2 aliphatic heterocycles. The van der Waals surface area contributed by atoms with E-state index >= 15 is 0 Å². The van der Waals surface area contributed by atoms with Crippen LogP contribution in [0.3, 0.4) is 0 Å². The highest BCUT2D eigenvalue weighted by atomic mass is 16.2. The number of carbonyl (C=O) groups is 1. The van der Waals surface area contributed by atoms with Gasteiger partial charge in [-0.15, -0.1) is 0 Å². The molecule has 2 aromatic heterocycles. The summed E-state index contributed by atoms with van der Waals surface area (Å²) < 4.78 is 2.22. The Morgan fingerprint density at radius 1 is 1.27 bits per heavy atom. The number of aryl methyl sites for hydroxylation is 1. The first-order valence-corrected chi connectivity index (χ1v) is 10.1. The summed E-state index contributed by atoms with van der Waals surface area (Å²) in [7, 11) is 0. The average molecular weight is 398 g/mol. The third kappa shape index (κ3) is 3.06. The van der Waals surface area contributed by atoms with Crippen molar-refractivity contribution in [2.24, 2.45) is 0 Å². The van der Waals surface area contributed by atoms with Crippen LogP contribution in [-0.2, 0) is 12.1 Å². The zero-order chi connectivity index (χ0) is 20.7. The molecule has 0 bridgehead atoms. The molecular weight excluding hydrogens is 376 g/mol. The summed E-state index contributed by atoms with van der Waals surface area (Å²) in [4.78, 5) is 23.9. The second-order valence-corrected chi connectivity index (χ2v) is 8.19.